The zero-order chi connectivity index (χ0) is 16.2. The number of nitrogens with two attached hydrogens (primary N) is 1. The first kappa shape index (κ1) is 15.5. The maximum absolute atomic E-state index is 11.2. The molecule has 1 aromatic carbocycles. The fourth-order valence-electron chi connectivity index (χ4n) is 2.41. The van der Waals surface area contributed by atoms with Gasteiger partial charge in [0.25, 0.3) is 0 Å². The van der Waals surface area contributed by atoms with Gasteiger partial charge in [-0.05, 0) is 37.6 Å². The predicted octanol–water partition coefficient (Wildman–Crippen LogP) is 3.96. The Morgan fingerprint density at radius 2 is 2.04 bits per heavy atom. The highest BCUT2D eigenvalue weighted by atomic mass is 32.2. The number of hydrogen-bond donors (Lipinski definition) is 1. The molecule has 0 saturated carbocycles. The lowest BCUT2D eigenvalue weighted by Gasteiger charge is -2.08. The molecule has 0 spiro atoms. The second kappa shape index (κ2) is 6.81. The van der Waals surface area contributed by atoms with Crippen molar-refractivity contribution >= 4 is 23.9 Å². The van der Waals surface area contributed by atoms with Crippen molar-refractivity contribution < 1.29 is 4.79 Å². The van der Waals surface area contributed by atoms with Gasteiger partial charge < -0.3 is 0 Å². The molecule has 1 aromatic heterocycles. The molecule has 2 aromatic rings. The molecule has 4 nitrogen and oxygen atoms in total. The van der Waals surface area contributed by atoms with Crippen LogP contribution >= 0.6 is 11.9 Å². The third-order valence-electron chi connectivity index (χ3n) is 3.64. The number of rotatable bonds is 4. The third kappa shape index (κ3) is 3.36. The van der Waals surface area contributed by atoms with Crippen LogP contribution < -0.4 is 5.14 Å². The minimum atomic E-state index is 0.413. The summed E-state index contributed by atoms with van der Waals surface area (Å²) in [6.07, 6.45) is 9.57. The molecular weight excluding hydrogens is 306 g/mol. The molecule has 0 bridgehead atoms. The van der Waals surface area contributed by atoms with E-state index < -0.39 is 0 Å². The van der Waals surface area contributed by atoms with E-state index in [9.17, 15) is 4.79 Å². The van der Waals surface area contributed by atoms with Crippen molar-refractivity contribution in [3.8, 4) is 11.3 Å². The highest BCUT2D eigenvalue weighted by molar-refractivity contribution is 8.00. The lowest BCUT2D eigenvalue weighted by molar-refractivity contribution is 0.111. The molecule has 1 heterocycles. The molecule has 0 atom stereocenters. The van der Waals surface area contributed by atoms with Crippen molar-refractivity contribution in [2.75, 3.05) is 0 Å². The van der Waals surface area contributed by atoms with Crippen LogP contribution in [0.3, 0.4) is 0 Å². The molecule has 5 heteroatoms. The maximum Gasteiger partial charge on any atom is 0.170 e. The fourth-order valence-corrected chi connectivity index (χ4v) is 2.75. The highest BCUT2D eigenvalue weighted by Crippen LogP contribution is 2.26. The third-order valence-corrected chi connectivity index (χ3v) is 4.25. The smallest absolute Gasteiger partial charge is 0.170 e. The summed E-state index contributed by atoms with van der Waals surface area (Å²) < 4.78 is 1.80. The Kier molecular flexibility index (Phi) is 4.60. The van der Waals surface area contributed by atoms with Gasteiger partial charge in [0, 0.05) is 10.5 Å². The second-order valence-corrected chi connectivity index (χ2v) is 6.06. The molecule has 23 heavy (non-hydrogen) atoms. The van der Waals surface area contributed by atoms with E-state index >= 15 is 0 Å². The summed E-state index contributed by atoms with van der Waals surface area (Å²) in [5.74, 6) is 0. The van der Waals surface area contributed by atoms with Gasteiger partial charge in [0.05, 0.1) is 11.4 Å². The van der Waals surface area contributed by atoms with Crippen molar-refractivity contribution in [1.82, 2.24) is 9.78 Å². The van der Waals surface area contributed by atoms with Crippen LogP contribution in [-0.4, -0.2) is 16.1 Å². The zero-order valence-corrected chi connectivity index (χ0v) is 13.6. The number of aromatic nitrogens is 2. The number of allylic oxidation sites excluding steroid dienone is 6. The van der Waals surface area contributed by atoms with Gasteiger partial charge in [-0.25, -0.2) is 4.68 Å². The Labute approximate surface area is 139 Å². The Balaban J connectivity index is 2.10. The molecule has 0 amide bonds. The summed E-state index contributed by atoms with van der Waals surface area (Å²) in [4.78, 5) is 12.2. The lowest BCUT2D eigenvalue weighted by Crippen LogP contribution is -2.00. The average molecular weight is 323 g/mol. The molecule has 116 valence electrons. The summed E-state index contributed by atoms with van der Waals surface area (Å²) in [5, 5.41) is 10.0. The molecule has 3 rings (SSSR count). The number of carbonyl (C=O) groups excluding carboxylic acids is 1. The Morgan fingerprint density at radius 1 is 1.26 bits per heavy atom. The predicted molar refractivity (Wildman–Crippen MR) is 95.7 cm³/mol. The fraction of sp³-hybridized carbons (Fsp3) is 0.111. The highest BCUT2D eigenvalue weighted by Gasteiger charge is 2.12. The van der Waals surface area contributed by atoms with Crippen LogP contribution in [0.1, 0.15) is 22.5 Å². The Hall–Kier alpha value is -2.37. The summed E-state index contributed by atoms with van der Waals surface area (Å²) in [7, 11) is 0. The van der Waals surface area contributed by atoms with E-state index in [1.165, 1.54) is 17.5 Å². The van der Waals surface area contributed by atoms with E-state index in [1.807, 2.05) is 55.5 Å². The van der Waals surface area contributed by atoms with Crippen LogP contribution in [0, 0.1) is 6.92 Å². The standard InChI is InChI=1S/C18H17N3OS/c1-13-5-7-14(8-6-13)18-11-15(12-22)20-21(18)16-3-2-4-17(23-19)10-9-16/h2-3,5-12H,4,19H2,1H3. The topological polar surface area (TPSA) is 60.9 Å². The number of carbonyl (C=O) groups is 1. The number of nitrogens with zero attached hydrogens (tertiary/aromatic N) is 2. The van der Waals surface area contributed by atoms with Gasteiger partial charge in [-0.15, -0.1) is 0 Å². The van der Waals surface area contributed by atoms with E-state index in [0.717, 1.165) is 34.6 Å². The van der Waals surface area contributed by atoms with Gasteiger partial charge in [0.15, 0.2) is 6.29 Å². The average Bonchev–Trinajstić information content (AvgIpc) is 2.86. The molecule has 2 N–H and O–H groups in total. The van der Waals surface area contributed by atoms with Crippen LogP contribution in [0.25, 0.3) is 17.0 Å². The summed E-state index contributed by atoms with van der Waals surface area (Å²) in [6, 6.07) is 9.98. The van der Waals surface area contributed by atoms with Crippen molar-refractivity contribution in [2.24, 2.45) is 5.14 Å². The minimum Gasteiger partial charge on any atom is -0.296 e. The molecule has 0 fully saturated rings. The molecular formula is C18H17N3OS. The van der Waals surface area contributed by atoms with Crippen molar-refractivity contribution in [3.05, 3.63) is 70.8 Å². The number of benzene rings is 1. The number of aldehydes is 1. The molecule has 0 unspecified atom stereocenters. The van der Waals surface area contributed by atoms with Crippen LogP contribution in [0.5, 0.6) is 0 Å². The van der Waals surface area contributed by atoms with E-state index in [2.05, 4.69) is 5.10 Å². The first-order valence-corrected chi connectivity index (χ1v) is 8.16. The van der Waals surface area contributed by atoms with Crippen LogP contribution in [-0.2, 0) is 0 Å². The van der Waals surface area contributed by atoms with Crippen LogP contribution in [0.2, 0.25) is 0 Å². The van der Waals surface area contributed by atoms with Crippen LogP contribution in [0.4, 0.5) is 0 Å². The summed E-state index contributed by atoms with van der Waals surface area (Å²) in [5.41, 5.74) is 4.42. The maximum atomic E-state index is 11.2. The number of aryl methyl sites for hydroxylation is 1. The van der Waals surface area contributed by atoms with Gasteiger partial charge >= 0.3 is 0 Å². The summed E-state index contributed by atoms with van der Waals surface area (Å²) >= 11 is 1.25. The van der Waals surface area contributed by atoms with Crippen molar-refractivity contribution in [2.45, 2.75) is 13.3 Å². The van der Waals surface area contributed by atoms with Crippen molar-refractivity contribution in [3.63, 3.8) is 0 Å². The van der Waals surface area contributed by atoms with E-state index in [4.69, 9.17) is 5.14 Å². The normalized spacial score (nSPS) is 14.2. The van der Waals surface area contributed by atoms with E-state index in [-0.39, 0.29) is 0 Å². The molecule has 1 aliphatic rings. The Morgan fingerprint density at radius 3 is 2.74 bits per heavy atom. The monoisotopic (exact) mass is 323 g/mol. The Bertz CT molecular complexity index is 813. The van der Waals surface area contributed by atoms with Gasteiger partial charge in [0.2, 0.25) is 0 Å². The van der Waals surface area contributed by atoms with Gasteiger partial charge in [-0.3, -0.25) is 9.93 Å². The first-order valence-electron chi connectivity index (χ1n) is 7.28. The number of hydrogen-bond acceptors (Lipinski definition) is 4. The SMILES string of the molecule is Cc1ccc(-c2cc(C=O)nn2C2=CC=C(SN)CC=C2)cc1. The second-order valence-electron chi connectivity index (χ2n) is 5.30. The molecule has 1 aliphatic carbocycles. The van der Waals surface area contributed by atoms with Gasteiger partial charge in [-0.2, -0.15) is 5.10 Å². The molecule has 0 aliphatic heterocycles. The first-order chi connectivity index (χ1) is 11.2. The minimum absolute atomic E-state index is 0.413. The van der Waals surface area contributed by atoms with E-state index in [0.29, 0.717) is 5.69 Å². The summed E-state index contributed by atoms with van der Waals surface area (Å²) in [6.45, 7) is 2.05. The van der Waals surface area contributed by atoms with Crippen molar-refractivity contribution in [1.29, 1.82) is 0 Å². The molecule has 0 saturated heterocycles. The van der Waals surface area contributed by atoms with E-state index in [1.54, 1.807) is 10.7 Å². The zero-order valence-electron chi connectivity index (χ0n) is 12.8. The van der Waals surface area contributed by atoms with Gasteiger partial charge in [0.1, 0.15) is 5.69 Å². The van der Waals surface area contributed by atoms with Gasteiger partial charge in [-0.1, -0.05) is 47.9 Å². The molecule has 0 radical (unpaired) electrons. The largest absolute Gasteiger partial charge is 0.296 e. The quantitative estimate of drug-likeness (QED) is 0.683. The van der Waals surface area contributed by atoms with Crippen LogP contribution in [0.15, 0.2) is 59.5 Å². The lowest BCUT2D eigenvalue weighted by atomic mass is 10.1.